The van der Waals surface area contributed by atoms with Gasteiger partial charge in [0, 0.05) is 25.6 Å². The summed E-state index contributed by atoms with van der Waals surface area (Å²) in [7, 11) is 1.60. The number of thiophene rings is 1. The number of aryl methyl sites for hydroxylation is 2. The number of amides is 1. The quantitative estimate of drug-likeness (QED) is 0.334. The summed E-state index contributed by atoms with van der Waals surface area (Å²) >= 11 is 1.41. The Balaban J connectivity index is 2.03. The molecule has 1 amide bonds. The molecule has 1 aromatic carbocycles. The Labute approximate surface area is 208 Å². The van der Waals surface area contributed by atoms with Gasteiger partial charge in [0.05, 0.1) is 6.54 Å². The lowest BCUT2D eigenvalue weighted by Crippen LogP contribution is -2.44. The second kappa shape index (κ2) is 12.9. The van der Waals surface area contributed by atoms with E-state index in [1.165, 1.54) is 11.3 Å². The minimum absolute atomic E-state index is 0.0705. The van der Waals surface area contributed by atoms with E-state index in [0.717, 1.165) is 11.1 Å². The van der Waals surface area contributed by atoms with Crippen LogP contribution in [0.2, 0.25) is 0 Å². The molecule has 2 rings (SSSR count). The van der Waals surface area contributed by atoms with Crippen LogP contribution in [0.5, 0.6) is 5.75 Å². The highest BCUT2D eigenvalue weighted by Crippen LogP contribution is 2.32. The molecule has 6 nitrogen and oxygen atoms in total. The number of nitrogens with zero attached hydrogens (tertiary/aromatic N) is 1. The zero-order valence-corrected chi connectivity index (χ0v) is 22.4. The first kappa shape index (κ1) is 27.9. The van der Waals surface area contributed by atoms with Gasteiger partial charge in [-0.05, 0) is 51.0 Å². The molecule has 0 aliphatic heterocycles. The molecule has 188 valence electrons. The largest absolute Gasteiger partial charge is 0.489 e. The molecule has 0 aliphatic rings. The van der Waals surface area contributed by atoms with E-state index in [1.807, 2.05) is 63.4 Å². The van der Waals surface area contributed by atoms with Crippen LogP contribution in [0.25, 0.3) is 0 Å². The molecule has 0 spiro atoms. The highest BCUT2D eigenvalue weighted by Gasteiger charge is 2.26. The molecule has 34 heavy (non-hydrogen) atoms. The number of methoxy groups -OCH3 is 1. The van der Waals surface area contributed by atoms with Gasteiger partial charge in [-0.25, -0.2) is 4.79 Å². The molecule has 1 aromatic heterocycles. The van der Waals surface area contributed by atoms with Gasteiger partial charge >= 0.3 is 6.09 Å². The Bertz CT molecular complexity index is 917. The fourth-order valence-electron chi connectivity index (χ4n) is 3.43. The lowest BCUT2D eigenvalue weighted by molar-refractivity contribution is -0.00382. The summed E-state index contributed by atoms with van der Waals surface area (Å²) in [6.07, 6.45) is 0.385. The average molecular weight is 490 g/mol. The van der Waals surface area contributed by atoms with Gasteiger partial charge in [-0.2, -0.15) is 0 Å². The average Bonchev–Trinajstić information content (AvgIpc) is 3.13. The maximum Gasteiger partial charge on any atom is 0.410 e. The number of carbonyl (C=O) groups excluding carboxylic acids is 2. The molecule has 0 bridgehead atoms. The summed E-state index contributed by atoms with van der Waals surface area (Å²) < 4.78 is 17.3. The first-order valence-corrected chi connectivity index (χ1v) is 12.7. The van der Waals surface area contributed by atoms with Crippen molar-refractivity contribution in [2.24, 2.45) is 5.92 Å². The first-order chi connectivity index (χ1) is 16.0. The van der Waals surface area contributed by atoms with Gasteiger partial charge in [-0.15, -0.1) is 11.3 Å². The lowest BCUT2D eigenvalue weighted by atomic mass is 10.1. The van der Waals surface area contributed by atoms with Crippen molar-refractivity contribution in [1.82, 2.24) is 4.90 Å². The number of carbonyl (C=O) groups is 2. The van der Waals surface area contributed by atoms with E-state index in [1.54, 1.807) is 12.0 Å². The van der Waals surface area contributed by atoms with Gasteiger partial charge in [0.15, 0.2) is 5.78 Å². The second-order valence-electron chi connectivity index (χ2n) is 9.93. The molecule has 1 heterocycles. The van der Waals surface area contributed by atoms with Crippen molar-refractivity contribution in [3.63, 3.8) is 0 Å². The summed E-state index contributed by atoms with van der Waals surface area (Å²) in [4.78, 5) is 27.9. The molecule has 2 aromatic rings. The molecule has 0 aliphatic carbocycles. The highest BCUT2D eigenvalue weighted by molar-refractivity contribution is 7.12. The van der Waals surface area contributed by atoms with Crippen LogP contribution in [-0.4, -0.2) is 55.3 Å². The van der Waals surface area contributed by atoms with Crippen molar-refractivity contribution < 1.29 is 23.8 Å². The first-order valence-electron chi connectivity index (χ1n) is 11.8. The maximum absolute atomic E-state index is 12.9. The van der Waals surface area contributed by atoms with Gasteiger partial charge in [-0.3, -0.25) is 4.79 Å². The Morgan fingerprint density at radius 3 is 2.35 bits per heavy atom. The van der Waals surface area contributed by atoms with Gasteiger partial charge in [-0.1, -0.05) is 44.2 Å². The minimum Gasteiger partial charge on any atom is -0.489 e. The third-order valence-electron chi connectivity index (χ3n) is 5.06. The van der Waals surface area contributed by atoms with Crippen molar-refractivity contribution in [2.75, 3.05) is 26.8 Å². The van der Waals surface area contributed by atoms with Gasteiger partial charge in [0.25, 0.3) is 0 Å². The van der Waals surface area contributed by atoms with Crippen LogP contribution < -0.4 is 4.74 Å². The smallest absolute Gasteiger partial charge is 0.410 e. The Morgan fingerprint density at radius 2 is 1.76 bits per heavy atom. The molecule has 1 unspecified atom stereocenters. The SMILES string of the molecule is COC(COc1c(C)csc1C(=O)CCc1ccccc1)CN(CC(C)C)C(=O)OC(C)(C)C. The van der Waals surface area contributed by atoms with Crippen molar-refractivity contribution >= 4 is 23.2 Å². The maximum atomic E-state index is 12.9. The normalized spacial score (nSPS) is 12.5. The Kier molecular flexibility index (Phi) is 10.6. The number of benzene rings is 1. The predicted octanol–water partition coefficient (Wildman–Crippen LogP) is 6.16. The molecular formula is C27H39NO5S. The number of Topliss-reactive ketones (excluding diaryl/α,β-unsaturated/α-hetero) is 1. The second-order valence-corrected chi connectivity index (χ2v) is 10.8. The topological polar surface area (TPSA) is 65.1 Å². The monoisotopic (exact) mass is 489 g/mol. The van der Waals surface area contributed by atoms with Crippen LogP contribution in [0.4, 0.5) is 4.79 Å². The molecule has 7 heteroatoms. The fourth-order valence-corrected chi connectivity index (χ4v) is 4.39. The van der Waals surface area contributed by atoms with Crippen LogP contribution in [-0.2, 0) is 15.9 Å². The standard InChI is InChI=1S/C27H39NO5S/c1-19(2)15-28(26(30)33-27(4,5)6)16-22(31-7)17-32-24-20(3)18-34-25(24)23(29)14-13-21-11-9-8-10-12-21/h8-12,18-19,22H,13-17H2,1-7H3. The molecule has 0 N–H and O–H groups in total. The van der Waals surface area contributed by atoms with Crippen molar-refractivity contribution in [1.29, 1.82) is 0 Å². The van der Waals surface area contributed by atoms with Crippen LogP contribution >= 0.6 is 11.3 Å². The molecule has 0 saturated heterocycles. The highest BCUT2D eigenvalue weighted by atomic mass is 32.1. The van der Waals surface area contributed by atoms with Crippen molar-refractivity contribution in [3.8, 4) is 5.75 Å². The number of rotatable bonds is 12. The van der Waals surface area contributed by atoms with E-state index in [4.69, 9.17) is 14.2 Å². The number of hydrogen-bond acceptors (Lipinski definition) is 6. The fraction of sp³-hybridized carbons (Fsp3) is 0.556. The summed E-state index contributed by atoms with van der Waals surface area (Å²) in [6.45, 7) is 12.7. The third kappa shape index (κ3) is 9.11. The molecule has 0 radical (unpaired) electrons. The van der Waals surface area contributed by atoms with E-state index in [9.17, 15) is 9.59 Å². The van der Waals surface area contributed by atoms with Crippen LogP contribution in [0, 0.1) is 12.8 Å². The molecule has 0 fully saturated rings. The predicted molar refractivity (Wildman–Crippen MR) is 137 cm³/mol. The molecule has 1 atom stereocenters. The van der Waals surface area contributed by atoms with Crippen LogP contribution in [0.15, 0.2) is 35.7 Å². The molecular weight excluding hydrogens is 450 g/mol. The Morgan fingerprint density at radius 1 is 1.09 bits per heavy atom. The van der Waals surface area contributed by atoms with Gasteiger partial charge in [0.2, 0.25) is 0 Å². The van der Waals surface area contributed by atoms with E-state index in [2.05, 4.69) is 13.8 Å². The Hall–Kier alpha value is -2.38. The van der Waals surface area contributed by atoms with Gasteiger partial charge in [0.1, 0.15) is 28.9 Å². The number of ether oxygens (including phenoxy) is 3. The minimum atomic E-state index is -0.575. The summed E-state index contributed by atoms with van der Waals surface area (Å²) in [6, 6.07) is 9.99. The zero-order valence-electron chi connectivity index (χ0n) is 21.6. The zero-order chi connectivity index (χ0) is 25.3. The van der Waals surface area contributed by atoms with E-state index < -0.39 is 5.60 Å². The van der Waals surface area contributed by atoms with Crippen molar-refractivity contribution in [2.45, 2.75) is 66.1 Å². The summed E-state index contributed by atoms with van der Waals surface area (Å²) in [5, 5.41) is 1.94. The van der Waals surface area contributed by atoms with E-state index in [0.29, 0.717) is 36.6 Å². The molecule has 0 saturated carbocycles. The van der Waals surface area contributed by atoms with E-state index >= 15 is 0 Å². The van der Waals surface area contributed by atoms with Crippen molar-refractivity contribution in [3.05, 3.63) is 51.7 Å². The van der Waals surface area contributed by atoms with Crippen LogP contribution in [0.1, 0.15) is 61.8 Å². The third-order valence-corrected chi connectivity index (χ3v) is 6.18. The van der Waals surface area contributed by atoms with Gasteiger partial charge < -0.3 is 19.1 Å². The number of hydrogen-bond donors (Lipinski definition) is 0. The number of ketones is 1. The van der Waals surface area contributed by atoms with E-state index in [-0.39, 0.29) is 30.5 Å². The summed E-state index contributed by atoms with van der Waals surface area (Å²) in [5.41, 5.74) is 1.49. The summed E-state index contributed by atoms with van der Waals surface area (Å²) in [5.74, 6) is 0.956. The van der Waals surface area contributed by atoms with Crippen LogP contribution in [0.3, 0.4) is 0 Å². The lowest BCUT2D eigenvalue weighted by Gasteiger charge is -2.31.